The summed E-state index contributed by atoms with van der Waals surface area (Å²) >= 11 is 0. The van der Waals surface area contributed by atoms with Gasteiger partial charge in [-0.15, -0.1) is 30.6 Å². The second kappa shape index (κ2) is 11.7. The lowest BCUT2D eigenvalue weighted by molar-refractivity contribution is -0.127. The Balaban J connectivity index is 0.00000529. The summed E-state index contributed by atoms with van der Waals surface area (Å²) in [6.07, 6.45) is 6.85. The largest absolute Gasteiger partial charge is 0.356 e. The number of nitrogens with zero attached hydrogens (tertiary/aromatic N) is 3. The molecule has 0 aliphatic heterocycles. The Hall–Kier alpha value is -0.830. The first kappa shape index (κ1) is 23.2. The molecule has 0 aromatic carbocycles. The van der Waals surface area contributed by atoms with Crippen LogP contribution in [0.3, 0.4) is 0 Å². The number of aliphatic imine (C=N–C) groups is 1. The summed E-state index contributed by atoms with van der Waals surface area (Å²) in [5, 5.41) is 6.63. The van der Waals surface area contributed by atoms with E-state index in [9.17, 15) is 4.79 Å². The molecule has 2 N–H and O–H groups in total. The highest BCUT2D eigenvalue weighted by Gasteiger charge is 2.34. The van der Waals surface area contributed by atoms with E-state index < -0.39 is 0 Å². The third-order valence-electron chi connectivity index (χ3n) is 4.23. The molecule has 0 bridgehead atoms. The van der Waals surface area contributed by atoms with E-state index in [1.54, 1.807) is 25.1 Å². The highest BCUT2D eigenvalue weighted by molar-refractivity contribution is 14.0. The van der Waals surface area contributed by atoms with E-state index in [2.05, 4.69) is 41.2 Å². The van der Waals surface area contributed by atoms with Crippen LogP contribution in [-0.2, 0) is 4.79 Å². The highest BCUT2D eigenvalue weighted by atomic mass is 127. The van der Waals surface area contributed by atoms with Crippen LogP contribution in [0.4, 0.5) is 0 Å². The summed E-state index contributed by atoms with van der Waals surface area (Å²) in [4.78, 5) is 19.9. The fraction of sp³-hybridized carbons (Fsp3) is 0.765. The molecule has 140 valence electrons. The Morgan fingerprint density at radius 2 is 1.83 bits per heavy atom. The van der Waals surface area contributed by atoms with Crippen LogP contribution in [0.1, 0.15) is 25.7 Å². The normalized spacial score (nSPS) is 16.5. The lowest BCUT2D eigenvalue weighted by Crippen LogP contribution is -2.46. The second-order valence-electron chi connectivity index (χ2n) is 6.92. The fourth-order valence-electron chi connectivity index (χ4n) is 3.09. The highest BCUT2D eigenvalue weighted by Crippen LogP contribution is 2.37. The number of hydrogen-bond donors (Lipinski definition) is 2. The van der Waals surface area contributed by atoms with E-state index in [1.165, 1.54) is 25.7 Å². The summed E-state index contributed by atoms with van der Waals surface area (Å²) in [5.41, 5.74) is 0.297. The minimum absolute atomic E-state index is 0. The van der Waals surface area contributed by atoms with Crippen LogP contribution in [-0.4, -0.2) is 76.0 Å². The van der Waals surface area contributed by atoms with Crippen LogP contribution in [0, 0.1) is 5.41 Å². The van der Waals surface area contributed by atoms with E-state index in [0.717, 1.165) is 13.1 Å². The minimum Gasteiger partial charge on any atom is -0.356 e. The van der Waals surface area contributed by atoms with Gasteiger partial charge in [-0.05, 0) is 26.9 Å². The second-order valence-corrected chi connectivity index (χ2v) is 6.92. The van der Waals surface area contributed by atoms with E-state index in [0.29, 0.717) is 17.9 Å². The quantitative estimate of drug-likeness (QED) is 0.255. The molecule has 6 nitrogen and oxygen atoms in total. The van der Waals surface area contributed by atoms with Gasteiger partial charge in [0.15, 0.2) is 5.96 Å². The Bertz CT molecular complexity index is 417. The lowest BCUT2D eigenvalue weighted by atomic mass is 9.85. The molecule has 0 aromatic heterocycles. The molecule has 1 aliphatic carbocycles. The van der Waals surface area contributed by atoms with Gasteiger partial charge in [0.2, 0.25) is 5.91 Å². The van der Waals surface area contributed by atoms with E-state index in [-0.39, 0.29) is 36.4 Å². The molecular weight excluding hydrogens is 417 g/mol. The smallest absolute Gasteiger partial charge is 0.243 e. The third kappa shape index (κ3) is 8.32. The van der Waals surface area contributed by atoms with Crippen molar-refractivity contribution in [2.45, 2.75) is 25.7 Å². The number of rotatable bonds is 8. The van der Waals surface area contributed by atoms with Crippen LogP contribution < -0.4 is 10.6 Å². The van der Waals surface area contributed by atoms with Gasteiger partial charge in [0.1, 0.15) is 6.54 Å². The first-order valence-electron chi connectivity index (χ1n) is 8.36. The monoisotopic (exact) mass is 451 g/mol. The molecule has 0 saturated heterocycles. The van der Waals surface area contributed by atoms with E-state index in [4.69, 9.17) is 0 Å². The third-order valence-corrected chi connectivity index (χ3v) is 4.23. The van der Waals surface area contributed by atoms with Crippen molar-refractivity contribution in [1.82, 2.24) is 20.4 Å². The maximum absolute atomic E-state index is 11.7. The molecule has 0 aromatic rings. The van der Waals surface area contributed by atoms with Gasteiger partial charge in [0, 0.05) is 39.1 Å². The summed E-state index contributed by atoms with van der Waals surface area (Å²) in [6.45, 7) is 6.45. The van der Waals surface area contributed by atoms with Crippen molar-refractivity contribution < 1.29 is 4.79 Å². The van der Waals surface area contributed by atoms with Crippen molar-refractivity contribution in [1.29, 1.82) is 0 Å². The first-order valence-corrected chi connectivity index (χ1v) is 8.36. The molecule has 0 heterocycles. The van der Waals surface area contributed by atoms with Gasteiger partial charge in [-0.1, -0.05) is 18.9 Å². The van der Waals surface area contributed by atoms with Crippen molar-refractivity contribution >= 4 is 35.8 Å². The van der Waals surface area contributed by atoms with Crippen LogP contribution in [0.15, 0.2) is 17.6 Å². The molecule has 1 fully saturated rings. The molecule has 7 heteroatoms. The maximum atomic E-state index is 11.7. The summed E-state index contributed by atoms with van der Waals surface area (Å²) in [6, 6.07) is 0. The van der Waals surface area contributed by atoms with Gasteiger partial charge in [-0.25, -0.2) is 4.99 Å². The maximum Gasteiger partial charge on any atom is 0.243 e. The Morgan fingerprint density at radius 1 is 1.21 bits per heavy atom. The minimum atomic E-state index is -0.00595. The molecule has 1 rings (SSSR count). The zero-order valence-electron chi connectivity index (χ0n) is 15.6. The standard InChI is InChI=1S/C17H33N5O.HI/c1-6-11-18-16(19-12-15(23)22(4)5)20-13-17(14-21(2)3)9-7-8-10-17;/h6H,1,7-14H2,2-5H3,(H2,18,19,20);1H. The van der Waals surface area contributed by atoms with Gasteiger partial charge < -0.3 is 20.4 Å². The molecule has 0 atom stereocenters. The molecule has 0 spiro atoms. The lowest BCUT2D eigenvalue weighted by Gasteiger charge is -2.33. The molecule has 1 aliphatic rings. The molecule has 0 unspecified atom stereocenters. The molecule has 1 saturated carbocycles. The fourth-order valence-corrected chi connectivity index (χ4v) is 3.09. The molecular formula is C17H34IN5O. The molecule has 0 radical (unpaired) electrons. The zero-order valence-corrected chi connectivity index (χ0v) is 17.9. The van der Waals surface area contributed by atoms with Crippen molar-refractivity contribution in [3.8, 4) is 0 Å². The van der Waals surface area contributed by atoms with Crippen LogP contribution in [0.2, 0.25) is 0 Å². The average Bonchev–Trinajstić information content (AvgIpc) is 2.93. The van der Waals surface area contributed by atoms with Crippen molar-refractivity contribution in [2.24, 2.45) is 10.4 Å². The number of halogens is 1. The predicted molar refractivity (Wildman–Crippen MR) is 112 cm³/mol. The van der Waals surface area contributed by atoms with Crippen molar-refractivity contribution in [3.05, 3.63) is 12.7 Å². The van der Waals surface area contributed by atoms with Crippen molar-refractivity contribution in [3.63, 3.8) is 0 Å². The number of nitrogens with one attached hydrogen (secondary N) is 2. The Morgan fingerprint density at radius 3 is 2.33 bits per heavy atom. The molecule has 1 amide bonds. The summed E-state index contributed by atoms with van der Waals surface area (Å²) < 4.78 is 0. The Kier molecular flexibility index (Phi) is 11.3. The number of guanidine groups is 1. The number of amides is 1. The topological polar surface area (TPSA) is 60.0 Å². The zero-order chi connectivity index (χ0) is 17.3. The number of likely N-dealkylation sites (N-methyl/N-ethyl adjacent to an activating group) is 1. The van der Waals surface area contributed by atoms with Gasteiger partial charge in [-0.3, -0.25) is 4.79 Å². The SMILES string of the molecule is C=CCNC(=NCC(=O)N(C)C)NCC1(CN(C)C)CCCC1.I. The van der Waals surface area contributed by atoms with E-state index >= 15 is 0 Å². The van der Waals surface area contributed by atoms with Crippen molar-refractivity contribution in [2.75, 3.05) is 54.4 Å². The number of hydrogen-bond acceptors (Lipinski definition) is 3. The van der Waals surface area contributed by atoms with Crippen LogP contribution in [0.25, 0.3) is 0 Å². The van der Waals surface area contributed by atoms with Crippen LogP contribution >= 0.6 is 24.0 Å². The van der Waals surface area contributed by atoms with E-state index in [1.807, 2.05) is 0 Å². The predicted octanol–water partition coefficient (Wildman–Crippen LogP) is 1.54. The first-order chi connectivity index (χ1) is 10.9. The van der Waals surface area contributed by atoms with Gasteiger partial charge in [-0.2, -0.15) is 0 Å². The van der Waals surface area contributed by atoms with Gasteiger partial charge >= 0.3 is 0 Å². The average molecular weight is 451 g/mol. The summed E-state index contributed by atoms with van der Waals surface area (Å²) in [7, 11) is 7.74. The molecule has 24 heavy (non-hydrogen) atoms. The number of carbonyl (C=O) groups is 1. The Labute approximate surface area is 164 Å². The van der Waals surface area contributed by atoms with Crippen LogP contribution in [0.5, 0.6) is 0 Å². The van der Waals surface area contributed by atoms with Gasteiger partial charge in [0.05, 0.1) is 0 Å². The number of carbonyl (C=O) groups excluding carboxylic acids is 1. The van der Waals surface area contributed by atoms with Gasteiger partial charge in [0.25, 0.3) is 0 Å². The summed E-state index contributed by atoms with van der Waals surface area (Å²) in [5.74, 6) is 0.679.